The summed E-state index contributed by atoms with van der Waals surface area (Å²) in [6.45, 7) is 0. The van der Waals surface area contributed by atoms with Gasteiger partial charge in [-0.1, -0.05) is 54.1 Å². The molecule has 0 spiro atoms. The lowest BCUT2D eigenvalue weighted by Crippen LogP contribution is -1.96. The van der Waals surface area contributed by atoms with Crippen LogP contribution in [0.25, 0.3) is 49.6 Å². The summed E-state index contributed by atoms with van der Waals surface area (Å²) in [5, 5.41) is 4.77. The lowest BCUT2D eigenvalue weighted by atomic mass is 10.1. The van der Waals surface area contributed by atoms with Crippen LogP contribution in [-0.4, -0.2) is 9.55 Å². The molecule has 0 aliphatic rings. The molecular weight excluding hydrogens is 444 g/mol. The van der Waals surface area contributed by atoms with Crippen LogP contribution in [0.3, 0.4) is 0 Å². The molecule has 34 heavy (non-hydrogen) atoms. The van der Waals surface area contributed by atoms with Crippen molar-refractivity contribution in [2.75, 3.05) is 0 Å². The molecule has 0 N–H and O–H groups in total. The van der Waals surface area contributed by atoms with E-state index in [1.807, 2.05) is 66.9 Å². The first-order valence-electron chi connectivity index (χ1n) is 11.0. The van der Waals surface area contributed by atoms with Gasteiger partial charge in [0.1, 0.15) is 22.9 Å². The quantitative estimate of drug-likeness (QED) is 0.265. The maximum atomic E-state index is 6.57. The molecule has 7 rings (SSSR count). The highest BCUT2D eigenvalue weighted by atomic mass is 35.5. The van der Waals surface area contributed by atoms with E-state index in [9.17, 15) is 0 Å². The maximum absolute atomic E-state index is 6.57. The van der Waals surface area contributed by atoms with Gasteiger partial charge in [-0.05, 0) is 42.5 Å². The molecule has 162 valence electrons. The summed E-state index contributed by atoms with van der Waals surface area (Å²) < 4.78 is 14.4. The van der Waals surface area contributed by atoms with Gasteiger partial charge in [0, 0.05) is 39.9 Å². The average Bonchev–Trinajstić information content (AvgIpc) is 3.41. The van der Waals surface area contributed by atoms with Crippen molar-refractivity contribution in [1.29, 1.82) is 0 Å². The fraction of sp³-hybridized carbons (Fsp3) is 0. The number of furan rings is 1. The molecule has 4 nitrogen and oxygen atoms in total. The minimum atomic E-state index is 0.521. The monoisotopic (exact) mass is 460 g/mol. The van der Waals surface area contributed by atoms with Crippen LogP contribution in [0.4, 0.5) is 0 Å². The first kappa shape index (κ1) is 19.2. The highest BCUT2D eigenvalue weighted by molar-refractivity contribution is 6.36. The van der Waals surface area contributed by atoms with Crippen molar-refractivity contribution in [2.45, 2.75) is 0 Å². The number of para-hydroxylation sites is 2. The molecule has 5 heteroatoms. The number of nitrogens with zero attached hydrogens (tertiary/aromatic N) is 2. The Morgan fingerprint density at radius 2 is 1.47 bits per heavy atom. The molecule has 7 aromatic rings. The van der Waals surface area contributed by atoms with Gasteiger partial charge in [0.15, 0.2) is 5.58 Å². The molecular formula is C29H17ClN2O2. The third-order valence-corrected chi connectivity index (χ3v) is 6.45. The molecule has 0 aliphatic carbocycles. The number of aromatic nitrogens is 2. The number of pyridine rings is 1. The second-order valence-electron chi connectivity index (χ2n) is 8.20. The van der Waals surface area contributed by atoms with Gasteiger partial charge < -0.3 is 9.15 Å². The number of ether oxygens (including phenoxy) is 1. The van der Waals surface area contributed by atoms with Gasteiger partial charge >= 0.3 is 0 Å². The summed E-state index contributed by atoms with van der Waals surface area (Å²) in [5.41, 5.74) is 3.60. The molecule has 0 saturated carbocycles. The Kier molecular flexibility index (Phi) is 4.16. The van der Waals surface area contributed by atoms with Gasteiger partial charge in [0.05, 0.1) is 16.1 Å². The van der Waals surface area contributed by atoms with E-state index in [2.05, 4.69) is 39.9 Å². The first-order valence-corrected chi connectivity index (χ1v) is 11.4. The minimum Gasteiger partial charge on any atom is -0.457 e. The Bertz CT molecular complexity index is 1850. The van der Waals surface area contributed by atoms with Crippen LogP contribution >= 0.6 is 11.6 Å². The largest absolute Gasteiger partial charge is 0.457 e. The van der Waals surface area contributed by atoms with Crippen molar-refractivity contribution in [3.05, 3.63) is 108 Å². The van der Waals surface area contributed by atoms with Crippen LogP contribution in [0.15, 0.2) is 108 Å². The molecule has 0 saturated heterocycles. The zero-order valence-electron chi connectivity index (χ0n) is 17.9. The first-order chi connectivity index (χ1) is 16.8. The summed E-state index contributed by atoms with van der Waals surface area (Å²) in [7, 11) is 0. The Morgan fingerprint density at radius 1 is 0.676 bits per heavy atom. The van der Waals surface area contributed by atoms with Gasteiger partial charge in [-0.2, -0.15) is 0 Å². The smallest absolute Gasteiger partial charge is 0.154 e. The maximum Gasteiger partial charge on any atom is 0.154 e. The van der Waals surface area contributed by atoms with Crippen LogP contribution in [0, 0.1) is 0 Å². The topological polar surface area (TPSA) is 40.2 Å². The minimum absolute atomic E-state index is 0.521. The SMILES string of the molecule is Clc1cc(Oc2ccc3c4ccccc4n(-c4ccccn4)c3c2)cc2c1oc1ccccc12. The van der Waals surface area contributed by atoms with Crippen LogP contribution in [0.2, 0.25) is 5.02 Å². The normalized spacial score (nSPS) is 11.7. The molecule has 0 aliphatic heterocycles. The fourth-order valence-corrected chi connectivity index (χ4v) is 4.95. The molecule has 0 fully saturated rings. The number of benzene rings is 4. The second-order valence-corrected chi connectivity index (χ2v) is 8.61. The summed E-state index contributed by atoms with van der Waals surface area (Å²) in [6, 6.07) is 32.1. The average molecular weight is 461 g/mol. The van der Waals surface area contributed by atoms with E-state index in [1.165, 1.54) is 5.39 Å². The molecule has 0 amide bonds. The van der Waals surface area contributed by atoms with Crippen molar-refractivity contribution in [3.8, 4) is 17.3 Å². The Labute approximate surface area is 199 Å². The van der Waals surface area contributed by atoms with E-state index in [0.29, 0.717) is 16.4 Å². The van der Waals surface area contributed by atoms with Crippen molar-refractivity contribution in [3.63, 3.8) is 0 Å². The molecule has 4 aromatic carbocycles. The molecule has 0 atom stereocenters. The van der Waals surface area contributed by atoms with E-state index in [-0.39, 0.29) is 0 Å². The number of rotatable bonds is 3. The number of hydrogen-bond donors (Lipinski definition) is 0. The number of fused-ring (bicyclic) bond motifs is 6. The van der Waals surface area contributed by atoms with E-state index in [4.69, 9.17) is 20.8 Å². The predicted molar refractivity (Wildman–Crippen MR) is 137 cm³/mol. The van der Waals surface area contributed by atoms with Crippen molar-refractivity contribution in [2.24, 2.45) is 0 Å². The van der Waals surface area contributed by atoms with Crippen molar-refractivity contribution >= 4 is 55.3 Å². The Balaban J connectivity index is 1.40. The van der Waals surface area contributed by atoms with E-state index in [0.717, 1.165) is 44.3 Å². The van der Waals surface area contributed by atoms with Gasteiger partial charge in [-0.25, -0.2) is 4.98 Å². The lowest BCUT2D eigenvalue weighted by molar-refractivity contribution is 0.484. The highest BCUT2D eigenvalue weighted by Crippen LogP contribution is 2.39. The van der Waals surface area contributed by atoms with Crippen LogP contribution < -0.4 is 4.74 Å². The van der Waals surface area contributed by atoms with Crippen molar-refractivity contribution < 1.29 is 9.15 Å². The third-order valence-electron chi connectivity index (χ3n) is 6.17. The molecule has 0 bridgehead atoms. The molecule has 0 unspecified atom stereocenters. The molecule has 3 aromatic heterocycles. The molecule has 3 heterocycles. The summed E-state index contributed by atoms with van der Waals surface area (Å²) in [5.74, 6) is 2.24. The summed E-state index contributed by atoms with van der Waals surface area (Å²) >= 11 is 6.57. The standard InChI is InChI=1S/C29H17ClN2O2/c30-24-16-19(15-23-22-8-2-4-10-27(22)34-29(23)24)33-18-12-13-21-20-7-1-3-9-25(20)32(26(21)17-18)28-11-5-6-14-31-28/h1-17H. The van der Waals surface area contributed by atoms with Crippen LogP contribution in [0.1, 0.15) is 0 Å². The highest BCUT2D eigenvalue weighted by Gasteiger charge is 2.15. The van der Waals surface area contributed by atoms with Crippen LogP contribution in [0.5, 0.6) is 11.5 Å². The van der Waals surface area contributed by atoms with E-state index < -0.39 is 0 Å². The zero-order valence-corrected chi connectivity index (χ0v) is 18.7. The molecule has 0 radical (unpaired) electrons. The van der Waals surface area contributed by atoms with Gasteiger partial charge in [0.2, 0.25) is 0 Å². The van der Waals surface area contributed by atoms with Crippen molar-refractivity contribution in [1.82, 2.24) is 9.55 Å². The summed E-state index contributed by atoms with van der Waals surface area (Å²) in [6.07, 6.45) is 1.81. The third kappa shape index (κ3) is 2.89. The number of hydrogen-bond acceptors (Lipinski definition) is 3. The van der Waals surface area contributed by atoms with Gasteiger partial charge in [0.25, 0.3) is 0 Å². The summed E-state index contributed by atoms with van der Waals surface area (Å²) in [4.78, 5) is 4.60. The fourth-order valence-electron chi connectivity index (χ4n) is 4.70. The van der Waals surface area contributed by atoms with E-state index >= 15 is 0 Å². The second kappa shape index (κ2) is 7.37. The zero-order chi connectivity index (χ0) is 22.6. The van der Waals surface area contributed by atoms with Gasteiger partial charge in [-0.3, -0.25) is 4.57 Å². The van der Waals surface area contributed by atoms with Gasteiger partial charge in [-0.15, -0.1) is 0 Å². The number of halogens is 1. The van der Waals surface area contributed by atoms with E-state index in [1.54, 1.807) is 6.07 Å². The Morgan fingerprint density at radius 3 is 2.35 bits per heavy atom. The van der Waals surface area contributed by atoms with Crippen LogP contribution in [-0.2, 0) is 0 Å². The predicted octanol–water partition coefficient (Wildman–Crippen LogP) is 8.52. The lowest BCUT2D eigenvalue weighted by Gasteiger charge is -2.09. The Hall–Kier alpha value is -4.28.